The number of aromatic nitrogens is 2. The number of nitrogens with zero attached hydrogens (tertiary/aromatic N) is 3. The van der Waals surface area contributed by atoms with Crippen LogP contribution in [0.1, 0.15) is 18.7 Å². The van der Waals surface area contributed by atoms with E-state index in [-0.39, 0.29) is 0 Å². The average molecular weight is 274 g/mol. The van der Waals surface area contributed by atoms with Crippen molar-refractivity contribution in [3.05, 3.63) is 24.1 Å². The normalized spacial score (nSPS) is 15.7. The largest absolute Gasteiger partial charge is 0.495 e. The van der Waals surface area contributed by atoms with Crippen LogP contribution in [0.5, 0.6) is 5.75 Å². The van der Waals surface area contributed by atoms with Crippen molar-refractivity contribution in [2.24, 2.45) is 0 Å². The van der Waals surface area contributed by atoms with Crippen molar-refractivity contribution in [3.63, 3.8) is 0 Å². The smallest absolute Gasteiger partial charge is 0.247 e. The van der Waals surface area contributed by atoms with E-state index in [1.54, 1.807) is 13.2 Å². The van der Waals surface area contributed by atoms with Gasteiger partial charge in [0.25, 0.3) is 0 Å². The molecule has 1 aromatic heterocycles. The lowest BCUT2D eigenvalue weighted by atomic mass is 10.2. The molecule has 106 valence electrons. The maximum atomic E-state index is 5.79. The molecule has 1 saturated heterocycles. The van der Waals surface area contributed by atoms with Crippen LogP contribution in [-0.2, 0) is 6.54 Å². The van der Waals surface area contributed by atoms with Crippen LogP contribution in [0.2, 0.25) is 0 Å². The Kier molecular flexibility index (Phi) is 3.56. The Labute approximate surface area is 117 Å². The number of nitrogens with two attached hydrogens (primary N) is 1. The number of rotatable bonds is 4. The van der Waals surface area contributed by atoms with E-state index in [1.165, 1.54) is 12.8 Å². The SMILES string of the molecule is COc1cc(-c2nnc(CN3CCCC3)o2)ccc1N. The van der Waals surface area contributed by atoms with Gasteiger partial charge in [-0.15, -0.1) is 10.2 Å². The number of hydrogen-bond donors (Lipinski definition) is 1. The average Bonchev–Trinajstić information content (AvgIpc) is 3.12. The van der Waals surface area contributed by atoms with Gasteiger partial charge >= 0.3 is 0 Å². The monoisotopic (exact) mass is 274 g/mol. The van der Waals surface area contributed by atoms with Gasteiger partial charge in [-0.2, -0.15) is 0 Å². The van der Waals surface area contributed by atoms with E-state index in [0.29, 0.717) is 23.2 Å². The minimum absolute atomic E-state index is 0.498. The fourth-order valence-corrected chi connectivity index (χ4v) is 2.41. The Hall–Kier alpha value is -2.08. The third-order valence-corrected chi connectivity index (χ3v) is 3.50. The van der Waals surface area contributed by atoms with Gasteiger partial charge in [0.05, 0.1) is 19.3 Å². The van der Waals surface area contributed by atoms with E-state index in [9.17, 15) is 0 Å². The van der Waals surface area contributed by atoms with Gasteiger partial charge in [-0.1, -0.05) is 0 Å². The number of benzene rings is 1. The second-order valence-electron chi connectivity index (χ2n) is 4.94. The van der Waals surface area contributed by atoms with Gasteiger partial charge in [0.2, 0.25) is 11.8 Å². The maximum Gasteiger partial charge on any atom is 0.247 e. The van der Waals surface area contributed by atoms with Gasteiger partial charge in [-0.05, 0) is 44.1 Å². The first-order valence-electron chi connectivity index (χ1n) is 6.75. The molecule has 0 aliphatic carbocycles. The van der Waals surface area contributed by atoms with Crippen molar-refractivity contribution in [2.45, 2.75) is 19.4 Å². The third kappa shape index (κ3) is 2.60. The van der Waals surface area contributed by atoms with Crippen molar-refractivity contribution < 1.29 is 9.15 Å². The maximum absolute atomic E-state index is 5.79. The number of likely N-dealkylation sites (tertiary alicyclic amines) is 1. The Morgan fingerprint density at radius 2 is 2.10 bits per heavy atom. The lowest BCUT2D eigenvalue weighted by molar-refractivity contribution is 0.292. The lowest BCUT2D eigenvalue weighted by Crippen LogP contribution is -2.18. The molecule has 0 saturated carbocycles. The second-order valence-corrected chi connectivity index (χ2v) is 4.94. The van der Waals surface area contributed by atoms with Crippen molar-refractivity contribution in [2.75, 3.05) is 25.9 Å². The molecule has 6 heteroatoms. The fraction of sp³-hybridized carbons (Fsp3) is 0.429. The van der Waals surface area contributed by atoms with E-state index in [1.807, 2.05) is 12.1 Å². The topological polar surface area (TPSA) is 77.4 Å². The van der Waals surface area contributed by atoms with E-state index in [4.69, 9.17) is 14.9 Å². The molecule has 2 heterocycles. The molecule has 1 aliphatic heterocycles. The predicted octanol–water partition coefficient (Wildman–Crippen LogP) is 1.92. The molecule has 3 rings (SSSR count). The molecule has 0 unspecified atom stereocenters. The van der Waals surface area contributed by atoms with E-state index >= 15 is 0 Å². The number of nitrogen functional groups attached to an aromatic ring is 1. The molecular weight excluding hydrogens is 256 g/mol. The van der Waals surface area contributed by atoms with Crippen LogP contribution in [-0.4, -0.2) is 35.3 Å². The molecule has 0 atom stereocenters. The summed E-state index contributed by atoms with van der Waals surface area (Å²) in [5.41, 5.74) is 7.20. The summed E-state index contributed by atoms with van der Waals surface area (Å²) in [6.45, 7) is 2.93. The zero-order chi connectivity index (χ0) is 13.9. The quantitative estimate of drug-likeness (QED) is 0.858. The highest BCUT2D eigenvalue weighted by molar-refractivity contribution is 5.64. The predicted molar refractivity (Wildman–Crippen MR) is 75.2 cm³/mol. The molecule has 0 radical (unpaired) electrons. The van der Waals surface area contributed by atoms with Crippen LogP contribution >= 0.6 is 0 Å². The Morgan fingerprint density at radius 3 is 2.85 bits per heavy atom. The van der Waals surface area contributed by atoms with Gasteiger partial charge in [-0.25, -0.2) is 0 Å². The summed E-state index contributed by atoms with van der Waals surface area (Å²) in [4.78, 5) is 2.32. The highest BCUT2D eigenvalue weighted by atomic mass is 16.5. The van der Waals surface area contributed by atoms with Crippen LogP contribution in [0.3, 0.4) is 0 Å². The molecule has 2 aromatic rings. The van der Waals surface area contributed by atoms with Gasteiger partial charge in [0.1, 0.15) is 5.75 Å². The molecule has 2 N–H and O–H groups in total. The summed E-state index contributed by atoms with van der Waals surface area (Å²) in [6.07, 6.45) is 2.49. The van der Waals surface area contributed by atoms with Crippen LogP contribution in [0.15, 0.2) is 22.6 Å². The standard InChI is InChI=1S/C14H18N4O2/c1-19-12-8-10(4-5-11(12)15)14-17-16-13(20-14)9-18-6-2-3-7-18/h4-5,8H,2-3,6-7,9,15H2,1H3. The van der Waals surface area contributed by atoms with Crippen molar-refractivity contribution in [1.82, 2.24) is 15.1 Å². The van der Waals surface area contributed by atoms with Crippen LogP contribution in [0, 0.1) is 0 Å². The first-order valence-corrected chi connectivity index (χ1v) is 6.75. The third-order valence-electron chi connectivity index (χ3n) is 3.50. The van der Waals surface area contributed by atoms with Crippen molar-refractivity contribution in [1.29, 1.82) is 0 Å². The molecule has 0 amide bonds. The molecule has 0 bridgehead atoms. The van der Waals surface area contributed by atoms with Gasteiger partial charge in [0.15, 0.2) is 0 Å². The second kappa shape index (κ2) is 5.50. The Morgan fingerprint density at radius 1 is 1.30 bits per heavy atom. The zero-order valence-corrected chi connectivity index (χ0v) is 11.5. The Balaban J connectivity index is 1.78. The first kappa shape index (κ1) is 12.9. The van der Waals surface area contributed by atoms with E-state index in [2.05, 4.69) is 15.1 Å². The summed E-state index contributed by atoms with van der Waals surface area (Å²) in [5, 5.41) is 8.20. The lowest BCUT2D eigenvalue weighted by Gasteiger charge is -2.10. The van der Waals surface area contributed by atoms with Gasteiger partial charge in [0, 0.05) is 5.56 Å². The van der Waals surface area contributed by atoms with Crippen LogP contribution < -0.4 is 10.5 Å². The molecule has 1 aliphatic rings. The fourth-order valence-electron chi connectivity index (χ4n) is 2.41. The number of methoxy groups -OCH3 is 1. The summed E-state index contributed by atoms with van der Waals surface area (Å²) in [7, 11) is 1.59. The van der Waals surface area contributed by atoms with Gasteiger partial charge < -0.3 is 14.9 Å². The zero-order valence-electron chi connectivity index (χ0n) is 11.5. The molecule has 0 spiro atoms. The molecule has 1 fully saturated rings. The van der Waals surface area contributed by atoms with E-state index in [0.717, 1.165) is 25.2 Å². The Bertz CT molecular complexity index is 591. The molecule has 6 nitrogen and oxygen atoms in total. The van der Waals surface area contributed by atoms with E-state index < -0.39 is 0 Å². The first-order chi connectivity index (χ1) is 9.76. The van der Waals surface area contributed by atoms with Crippen molar-refractivity contribution in [3.8, 4) is 17.2 Å². The van der Waals surface area contributed by atoms with Crippen LogP contribution in [0.25, 0.3) is 11.5 Å². The molecule has 20 heavy (non-hydrogen) atoms. The highest BCUT2D eigenvalue weighted by Gasteiger charge is 2.16. The number of anilines is 1. The summed E-state index contributed by atoms with van der Waals surface area (Å²) >= 11 is 0. The number of ether oxygens (including phenoxy) is 1. The summed E-state index contributed by atoms with van der Waals surface area (Å²) in [6, 6.07) is 5.44. The van der Waals surface area contributed by atoms with Crippen LogP contribution in [0.4, 0.5) is 5.69 Å². The van der Waals surface area contributed by atoms with Crippen molar-refractivity contribution >= 4 is 5.69 Å². The van der Waals surface area contributed by atoms with Gasteiger partial charge in [-0.3, -0.25) is 4.90 Å². The summed E-state index contributed by atoms with van der Waals surface area (Å²) in [5.74, 6) is 1.76. The summed E-state index contributed by atoms with van der Waals surface area (Å²) < 4.78 is 10.9. The highest BCUT2D eigenvalue weighted by Crippen LogP contribution is 2.28. The molecular formula is C14H18N4O2. The minimum Gasteiger partial charge on any atom is -0.495 e. The number of hydrogen-bond acceptors (Lipinski definition) is 6. The minimum atomic E-state index is 0.498. The molecule has 1 aromatic carbocycles.